The van der Waals surface area contributed by atoms with Gasteiger partial charge in [-0.25, -0.2) is 4.98 Å². The number of carbonyl (C=O) groups is 1. The number of aryl methyl sites for hydroxylation is 1. The fourth-order valence-electron chi connectivity index (χ4n) is 2.91. The SMILES string of the molecule is CCCc1nc(C(=O)NC)c2n1C(CC)CCC2. The number of nitrogens with one attached hydrogen (secondary N) is 1. The molecule has 4 heteroatoms. The first-order valence-electron chi connectivity index (χ1n) is 7.04. The van der Waals surface area contributed by atoms with Crippen LogP contribution in [-0.4, -0.2) is 22.5 Å². The van der Waals surface area contributed by atoms with Crippen molar-refractivity contribution in [3.8, 4) is 0 Å². The predicted molar refractivity (Wildman–Crippen MR) is 71.9 cm³/mol. The molecule has 0 bridgehead atoms. The van der Waals surface area contributed by atoms with Crippen molar-refractivity contribution < 1.29 is 4.79 Å². The molecule has 0 saturated carbocycles. The van der Waals surface area contributed by atoms with E-state index in [0.29, 0.717) is 11.7 Å². The van der Waals surface area contributed by atoms with Crippen molar-refractivity contribution in [1.29, 1.82) is 0 Å². The molecule has 18 heavy (non-hydrogen) atoms. The van der Waals surface area contributed by atoms with Crippen LogP contribution in [0.25, 0.3) is 0 Å². The van der Waals surface area contributed by atoms with Crippen molar-refractivity contribution >= 4 is 5.91 Å². The van der Waals surface area contributed by atoms with Crippen LogP contribution in [0, 0.1) is 0 Å². The zero-order chi connectivity index (χ0) is 13.1. The number of carbonyl (C=O) groups excluding carboxylic acids is 1. The molecule has 1 aromatic heterocycles. The topological polar surface area (TPSA) is 46.9 Å². The van der Waals surface area contributed by atoms with Gasteiger partial charge in [-0.1, -0.05) is 13.8 Å². The number of hydrogen-bond donors (Lipinski definition) is 1. The third-order valence-corrected chi connectivity index (χ3v) is 3.79. The summed E-state index contributed by atoms with van der Waals surface area (Å²) in [4.78, 5) is 16.5. The van der Waals surface area contributed by atoms with Crippen LogP contribution >= 0.6 is 0 Å². The summed E-state index contributed by atoms with van der Waals surface area (Å²) in [5.74, 6) is 1.05. The third kappa shape index (κ3) is 2.16. The summed E-state index contributed by atoms with van der Waals surface area (Å²) < 4.78 is 2.34. The van der Waals surface area contributed by atoms with Gasteiger partial charge in [0.25, 0.3) is 5.91 Å². The molecule has 0 aromatic carbocycles. The van der Waals surface area contributed by atoms with Gasteiger partial charge < -0.3 is 9.88 Å². The normalized spacial score (nSPS) is 18.5. The van der Waals surface area contributed by atoms with Crippen molar-refractivity contribution in [2.45, 2.75) is 58.4 Å². The third-order valence-electron chi connectivity index (χ3n) is 3.79. The molecule has 1 amide bonds. The van der Waals surface area contributed by atoms with Crippen molar-refractivity contribution in [3.63, 3.8) is 0 Å². The monoisotopic (exact) mass is 249 g/mol. The van der Waals surface area contributed by atoms with Crippen molar-refractivity contribution in [3.05, 3.63) is 17.2 Å². The van der Waals surface area contributed by atoms with Crippen molar-refractivity contribution in [1.82, 2.24) is 14.9 Å². The minimum absolute atomic E-state index is 0.0437. The molecular formula is C14H23N3O. The van der Waals surface area contributed by atoms with Gasteiger partial charge in [-0.05, 0) is 32.1 Å². The molecule has 1 atom stereocenters. The Labute approximate surface area is 109 Å². The Balaban J connectivity index is 2.48. The highest BCUT2D eigenvalue weighted by Crippen LogP contribution is 2.31. The van der Waals surface area contributed by atoms with Gasteiger partial charge in [0.05, 0.1) is 5.69 Å². The first-order chi connectivity index (χ1) is 8.72. The summed E-state index contributed by atoms with van der Waals surface area (Å²) in [7, 11) is 1.67. The van der Waals surface area contributed by atoms with Crippen LogP contribution in [0.5, 0.6) is 0 Å². The van der Waals surface area contributed by atoms with Gasteiger partial charge in [0.2, 0.25) is 0 Å². The van der Waals surface area contributed by atoms with E-state index in [1.807, 2.05) is 0 Å². The van der Waals surface area contributed by atoms with Crippen LogP contribution in [0.3, 0.4) is 0 Å². The molecule has 0 fully saturated rings. The summed E-state index contributed by atoms with van der Waals surface area (Å²) in [6.07, 6.45) is 6.51. The Morgan fingerprint density at radius 2 is 2.28 bits per heavy atom. The standard InChI is InChI=1S/C14H23N3O/c1-4-7-12-16-13(14(18)15-3)11-9-6-8-10(5-2)17(11)12/h10H,4-9H2,1-3H3,(H,15,18). The van der Waals surface area contributed by atoms with E-state index in [9.17, 15) is 4.79 Å². The summed E-state index contributed by atoms with van der Waals surface area (Å²) >= 11 is 0. The summed E-state index contributed by atoms with van der Waals surface area (Å²) in [6.45, 7) is 4.38. The van der Waals surface area contributed by atoms with E-state index in [1.165, 1.54) is 12.8 Å². The molecule has 1 aliphatic rings. The van der Waals surface area contributed by atoms with Gasteiger partial charge in [0.15, 0.2) is 0 Å². The van der Waals surface area contributed by atoms with Gasteiger partial charge in [0, 0.05) is 19.5 Å². The van der Waals surface area contributed by atoms with E-state index < -0.39 is 0 Å². The van der Waals surface area contributed by atoms with E-state index in [2.05, 4.69) is 28.7 Å². The molecule has 0 radical (unpaired) electrons. The van der Waals surface area contributed by atoms with E-state index in [-0.39, 0.29) is 5.91 Å². The molecule has 2 heterocycles. The molecule has 1 N–H and O–H groups in total. The highest BCUT2D eigenvalue weighted by Gasteiger charge is 2.27. The largest absolute Gasteiger partial charge is 0.354 e. The van der Waals surface area contributed by atoms with E-state index in [0.717, 1.165) is 37.2 Å². The van der Waals surface area contributed by atoms with Crippen molar-refractivity contribution in [2.75, 3.05) is 7.05 Å². The zero-order valence-electron chi connectivity index (χ0n) is 11.6. The lowest BCUT2D eigenvalue weighted by atomic mass is 9.99. The van der Waals surface area contributed by atoms with E-state index in [4.69, 9.17) is 0 Å². The van der Waals surface area contributed by atoms with Crippen LogP contribution in [0.1, 0.15) is 67.6 Å². The molecule has 2 rings (SSSR count). The number of amides is 1. The maximum Gasteiger partial charge on any atom is 0.271 e. The maximum atomic E-state index is 11.9. The summed E-state index contributed by atoms with van der Waals surface area (Å²) in [5.41, 5.74) is 1.80. The molecular weight excluding hydrogens is 226 g/mol. The Kier molecular flexibility index (Phi) is 4.04. The molecule has 0 saturated heterocycles. The fraction of sp³-hybridized carbons (Fsp3) is 0.714. The van der Waals surface area contributed by atoms with Crippen molar-refractivity contribution in [2.24, 2.45) is 0 Å². The Morgan fingerprint density at radius 1 is 1.50 bits per heavy atom. The second-order valence-electron chi connectivity index (χ2n) is 4.98. The Hall–Kier alpha value is -1.32. The summed E-state index contributed by atoms with van der Waals surface area (Å²) in [6, 6.07) is 0.529. The number of rotatable bonds is 4. The first-order valence-corrected chi connectivity index (χ1v) is 7.04. The van der Waals surface area contributed by atoms with Crippen LogP contribution in [-0.2, 0) is 12.8 Å². The van der Waals surface area contributed by atoms with Crippen LogP contribution < -0.4 is 5.32 Å². The van der Waals surface area contributed by atoms with Gasteiger partial charge in [-0.2, -0.15) is 0 Å². The Morgan fingerprint density at radius 3 is 2.89 bits per heavy atom. The zero-order valence-corrected chi connectivity index (χ0v) is 11.6. The molecule has 1 unspecified atom stereocenters. The van der Waals surface area contributed by atoms with Gasteiger partial charge in [-0.3, -0.25) is 4.79 Å². The predicted octanol–water partition coefficient (Wildman–Crippen LogP) is 2.48. The second-order valence-corrected chi connectivity index (χ2v) is 4.98. The first kappa shape index (κ1) is 13.1. The minimum Gasteiger partial charge on any atom is -0.354 e. The molecule has 4 nitrogen and oxygen atoms in total. The molecule has 100 valence electrons. The van der Waals surface area contributed by atoms with Gasteiger partial charge in [0.1, 0.15) is 11.5 Å². The van der Waals surface area contributed by atoms with Gasteiger partial charge in [-0.15, -0.1) is 0 Å². The average Bonchev–Trinajstić information content (AvgIpc) is 2.77. The molecule has 0 aliphatic carbocycles. The Bertz CT molecular complexity index is 436. The van der Waals surface area contributed by atoms with Crippen LogP contribution in [0.15, 0.2) is 0 Å². The minimum atomic E-state index is -0.0437. The number of imidazole rings is 1. The average molecular weight is 249 g/mol. The van der Waals surface area contributed by atoms with E-state index >= 15 is 0 Å². The number of aromatic nitrogens is 2. The second kappa shape index (κ2) is 5.55. The highest BCUT2D eigenvalue weighted by molar-refractivity contribution is 5.93. The van der Waals surface area contributed by atoms with Crippen LogP contribution in [0.2, 0.25) is 0 Å². The van der Waals surface area contributed by atoms with Gasteiger partial charge >= 0.3 is 0 Å². The fourth-order valence-corrected chi connectivity index (χ4v) is 2.91. The molecule has 1 aliphatic heterocycles. The quantitative estimate of drug-likeness (QED) is 0.891. The lowest BCUT2D eigenvalue weighted by Gasteiger charge is -2.26. The number of nitrogens with zero attached hydrogens (tertiary/aromatic N) is 2. The van der Waals surface area contributed by atoms with E-state index in [1.54, 1.807) is 7.05 Å². The number of fused-ring (bicyclic) bond motifs is 1. The lowest BCUT2D eigenvalue weighted by Crippen LogP contribution is -2.23. The van der Waals surface area contributed by atoms with Crippen LogP contribution in [0.4, 0.5) is 0 Å². The maximum absolute atomic E-state index is 11.9. The summed E-state index contributed by atoms with van der Waals surface area (Å²) in [5, 5.41) is 2.70. The highest BCUT2D eigenvalue weighted by atomic mass is 16.1. The number of hydrogen-bond acceptors (Lipinski definition) is 2. The molecule has 0 spiro atoms. The molecule has 1 aromatic rings. The smallest absolute Gasteiger partial charge is 0.271 e. The lowest BCUT2D eigenvalue weighted by molar-refractivity contribution is 0.0957.